The number of hydrogen-bond acceptors (Lipinski definition) is 7. The van der Waals surface area contributed by atoms with Crippen LogP contribution in [0.4, 0.5) is 21.0 Å². The van der Waals surface area contributed by atoms with Crippen LogP contribution in [0, 0.1) is 17.3 Å². The van der Waals surface area contributed by atoms with Gasteiger partial charge in [-0.1, -0.05) is 50.2 Å². The van der Waals surface area contributed by atoms with Crippen LogP contribution >= 0.6 is 0 Å². The van der Waals surface area contributed by atoms with Crippen molar-refractivity contribution in [1.29, 1.82) is 0 Å². The maximum Gasteiger partial charge on any atom is 0.412 e. The van der Waals surface area contributed by atoms with Gasteiger partial charge in [-0.25, -0.2) is 9.59 Å². The van der Waals surface area contributed by atoms with Crippen molar-refractivity contribution in [3.63, 3.8) is 0 Å². The maximum atomic E-state index is 12.7. The van der Waals surface area contributed by atoms with Crippen LogP contribution in [0.15, 0.2) is 60.7 Å². The van der Waals surface area contributed by atoms with E-state index < -0.39 is 53.2 Å². The summed E-state index contributed by atoms with van der Waals surface area (Å²) in [5, 5.41) is 17.0. The highest BCUT2D eigenvalue weighted by atomic mass is 16.6. The molecule has 2 aliphatic rings. The first-order valence-electron chi connectivity index (χ1n) is 11.6. The number of nitrogens with one attached hydrogen (secondary N) is 2. The second kappa shape index (κ2) is 9.58. The van der Waals surface area contributed by atoms with Crippen molar-refractivity contribution in [3.8, 4) is 0 Å². The van der Waals surface area contributed by atoms with Crippen LogP contribution in [0.2, 0.25) is 0 Å². The quantitative estimate of drug-likeness (QED) is 0.417. The largest absolute Gasteiger partial charge is 0.465 e. The lowest BCUT2D eigenvalue weighted by Crippen LogP contribution is -2.51. The van der Waals surface area contributed by atoms with E-state index in [1.54, 1.807) is 62.4 Å². The first-order chi connectivity index (χ1) is 16.6. The van der Waals surface area contributed by atoms with Crippen molar-refractivity contribution in [3.05, 3.63) is 60.7 Å². The third kappa shape index (κ3) is 4.81. The molecule has 9 nitrogen and oxygen atoms in total. The number of hydrogen-bond donors (Lipinski definition) is 3. The fraction of sp³-hybridized carbons (Fsp3) is 0.423. The number of rotatable bonds is 6. The Balaban J connectivity index is 1.52. The molecule has 0 aliphatic heterocycles. The summed E-state index contributed by atoms with van der Waals surface area (Å²) in [4.78, 5) is 36.8. The zero-order valence-corrected chi connectivity index (χ0v) is 19.9. The van der Waals surface area contributed by atoms with Crippen molar-refractivity contribution < 1.29 is 33.7 Å². The third-order valence-corrected chi connectivity index (χ3v) is 7.21. The third-order valence-electron chi connectivity index (χ3n) is 7.21. The molecule has 6 atom stereocenters. The van der Waals surface area contributed by atoms with Crippen LogP contribution in [0.25, 0.3) is 0 Å². The van der Waals surface area contributed by atoms with E-state index in [2.05, 4.69) is 10.6 Å². The molecule has 0 saturated heterocycles. The molecule has 2 fully saturated rings. The summed E-state index contributed by atoms with van der Waals surface area (Å²) >= 11 is 0. The molecule has 0 aromatic heterocycles. The van der Waals surface area contributed by atoms with Gasteiger partial charge in [-0.2, -0.15) is 0 Å². The van der Waals surface area contributed by atoms with Gasteiger partial charge in [0.1, 0.15) is 17.8 Å². The van der Waals surface area contributed by atoms with Gasteiger partial charge in [-0.05, 0) is 30.7 Å². The summed E-state index contributed by atoms with van der Waals surface area (Å²) in [5.41, 5.74) is -1.18. The Morgan fingerprint density at radius 3 is 1.97 bits per heavy atom. The minimum atomic E-state index is -1.44. The number of anilines is 2. The minimum absolute atomic E-state index is 0.0423. The highest BCUT2D eigenvalue weighted by Gasteiger charge is 2.81. The number of ether oxygens (including phenoxy) is 3. The Morgan fingerprint density at radius 2 is 1.46 bits per heavy atom. The fourth-order valence-electron chi connectivity index (χ4n) is 5.20. The van der Waals surface area contributed by atoms with E-state index in [4.69, 9.17) is 14.2 Å². The first-order valence-corrected chi connectivity index (χ1v) is 11.6. The molecule has 2 aromatic rings. The number of aliphatic hydroxyl groups is 1. The van der Waals surface area contributed by atoms with E-state index in [0.29, 0.717) is 17.8 Å². The molecule has 4 rings (SSSR count). The normalized spacial score (nSPS) is 30.9. The number of amides is 2. The molecule has 0 radical (unpaired) electrons. The number of benzene rings is 2. The zero-order chi connectivity index (χ0) is 25.2. The molecule has 2 aromatic carbocycles. The lowest BCUT2D eigenvalue weighted by Gasteiger charge is -2.38. The van der Waals surface area contributed by atoms with Gasteiger partial charge in [0.2, 0.25) is 0 Å². The van der Waals surface area contributed by atoms with E-state index in [1.165, 1.54) is 6.92 Å². The second-order valence-corrected chi connectivity index (χ2v) is 9.42. The predicted octanol–water partition coefficient (Wildman–Crippen LogP) is 4.19. The van der Waals surface area contributed by atoms with E-state index in [9.17, 15) is 19.5 Å². The van der Waals surface area contributed by atoms with Crippen molar-refractivity contribution >= 4 is 29.5 Å². The Bertz CT molecular complexity index is 1080. The molecule has 186 valence electrons. The van der Waals surface area contributed by atoms with E-state index in [-0.39, 0.29) is 6.61 Å². The summed E-state index contributed by atoms with van der Waals surface area (Å²) in [5.74, 6) is -1.41. The smallest absolute Gasteiger partial charge is 0.412 e. The maximum absolute atomic E-state index is 12.7. The summed E-state index contributed by atoms with van der Waals surface area (Å²) in [6.07, 6.45) is -2.69. The summed E-state index contributed by atoms with van der Waals surface area (Å²) in [6.45, 7) is 4.80. The summed E-state index contributed by atoms with van der Waals surface area (Å²) in [7, 11) is 0. The number of esters is 1. The van der Waals surface area contributed by atoms with Crippen molar-refractivity contribution in [2.75, 3.05) is 17.2 Å². The SMILES string of the molecule is CC(=O)OCC1(C)C2C[C@H](OC(=O)Nc3ccccc3)[C@H](C)[C@@H](OC(=O)Nc3ccccc3)[C@]21O. The van der Waals surface area contributed by atoms with Gasteiger partial charge in [0, 0.05) is 35.5 Å². The second-order valence-electron chi connectivity index (χ2n) is 9.42. The van der Waals surface area contributed by atoms with Gasteiger partial charge < -0.3 is 19.3 Å². The molecular formula is C26H30N2O7. The molecule has 2 unspecified atom stereocenters. The minimum Gasteiger partial charge on any atom is -0.465 e. The topological polar surface area (TPSA) is 123 Å². The van der Waals surface area contributed by atoms with E-state index in [0.717, 1.165) is 0 Å². The first kappa shape index (κ1) is 24.5. The average Bonchev–Trinajstić information content (AvgIpc) is 3.31. The van der Waals surface area contributed by atoms with Crippen molar-refractivity contribution in [2.24, 2.45) is 17.3 Å². The van der Waals surface area contributed by atoms with Crippen LogP contribution < -0.4 is 10.6 Å². The van der Waals surface area contributed by atoms with Crippen LogP contribution in [0.3, 0.4) is 0 Å². The van der Waals surface area contributed by atoms with Gasteiger partial charge in [-0.15, -0.1) is 0 Å². The molecule has 0 bridgehead atoms. The van der Waals surface area contributed by atoms with Gasteiger partial charge in [0.25, 0.3) is 0 Å². The zero-order valence-electron chi connectivity index (χ0n) is 19.9. The number of para-hydroxylation sites is 2. The predicted molar refractivity (Wildman–Crippen MR) is 128 cm³/mol. The molecule has 9 heteroatoms. The van der Waals surface area contributed by atoms with Crippen LogP contribution in [-0.4, -0.2) is 47.7 Å². The Kier molecular flexibility index (Phi) is 6.71. The Labute approximate surface area is 203 Å². The lowest BCUT2D eigenvalue weighted by atomic mass is 9.82. The van der Waals surface area contributed by atoms with Gasteiger partial charge >= 0.3 is 18.2 Å². The van der Waals surface area contributed by atoms with Crippen LogP contribution in [0.1, 0.15) is 27.2 Å². The van der Waals surface area contributed by atoms with E-state index >= 15 is 0 Å². The van der Waals surface area contributed by atoms with Crippen molar-refractivity contribution in [1.82, 2.24) is 0 Å². The molecule has 35 heavy (non-hydrogen) atoms. The number of carbonyl (C=O) groups excluding carboxylic acids is 3. The molecule has 0 heterocycles. The fourth-order valence-corrected chi connectivity index (χ4v) is 5.20. The van der Waals surface area contributed by atoms with E-state index in [1.807, 2.05) is 12.1 Å². The molecule has 2 saturated carbocycles. The Hall–Kier alpha value is -3.59. The van der Waals surface area contributed by atoms with Crippen LogP contribution in [-0.2, 0) is 19.0 Å². The monoisotopic (exact) mass is 482 g/mol. The number of carbonyl (C=O) groups is 3. The van der Waals surface area contributed by atoms with Gasteiger partial charge in [-0.3, -0.25) is 15.4 Å². The summed E-state index contributed by atoms with van der Waals surface area (Å²) < 4.78 is 16.7. The molecule has 0 spiro atoms. The molecular weight excluding hydrogens is 452 g/mol. The van der Waals surface area contributed by atoms with Crippen LogP contribution in [0.5, 0.6) is 0 Å². The van der Waals surface area contributed by atoms with Crippen molar-refractivity contribution in [2.45, 2.75) is 45.0 Å². The Morgan fingerprint density at radius 1 is 0.943 bits per heavy atom. The molecule has 2 aliphatic carbocycles. The van der Waals surface area contributed by atoms with Gasteiger partial charge in [0.05, 0.1) is 6.61 Å². The standard InChI is InChI=1S/C26H30N2O7/c1-16-20(34-23(30)27-18-10-6-4-7-11-18)14-21-25(3,15-33-17(2)29)26(21,32)22(16)35-24(31)28-19-12-8-5-9-13-19/h4-13,16,20-22,32H,14-15H2,1-3H3,(H,27,30)(H,28,31)/t16-,20-,21?,22+,25?,26+/m0/s1. The average molecular weight is 483 g/mol. The van der Waals surface area contributed by atoms with Gasteiger partial charge in [0.15, 0.2) is 0 Å². The highest BCUT2D eigenvalue weighted by molar-refractivity contribution is 5.85. The summed E-state index contributed by atoms with van der Waals surface area (Å²) in [6, 6.07) is 17.7. The number of fused-ring (bicyclic) bond motifs is 1. The molecule has 3 N–H and O–H groups in total. The molecule has 2 amide bonds. The highest BCUT2D eigenvalue weighted by Crippen LogP contribution is 2.70. The lowest BCUT2D eigenvalue weighted by molar-refractivity contribution is -0.145.